The number of nitrogens with zero attached hydrogens (tertiary/aromatic N) is 9. The number of rotatable bonds is 13. The van der Waals surface area contributed by atoms with Gasteiger partial charge in [0, 0.05) is 74.3 Å². The van der Waals surface area contributed by atoms with Crippen molar-refractivity contribution in [2.45, 2.75) is 248 Å². The summed E-state index contributed by atoms with van der Waals surface area (Å²) in [6.07, 6.45) is 6.55. The standard InChI is InChI=1S/C72H118ClF3N12O13/c1-12-47(4)62-68(99)82(7)44-60(93)80(5)45-61(94)84(9)55(40-48-24-16-13-17-25-48)66(97)81(6)42-57(90)77-53(31-29-49-28-30-51(52(73)39-49)72(74,75)76)65(96)88(36-37-89)43-58(91)79-71(32-20-21-33-71)70(101)86(11)63(50-26-18-14-19-27-50)69(100)85(10)56(67(98)87-34-22-15-23-35-87)41-59(92)83(8)54(38-46(2)3)64(95)78-62/h46-56,62-63,89H,12-45H2,1-11H3,(H,77,90)(H,78,95)(H,79,91)/t47-,49?,51?,52?,53-,54-,55-,56-,62-,63-/m0/s1. The topological polar surface area (TPSA) is 290 Å². The first-order chi connectivity index (χ1) is 47.6. The molecule has 12 amide bonds. The van der Waals surface area contributed by atoms with Gasteiger partial charge in [0.1, 0.15) is 41.8 Å². The van der Waals surface area contributed by atoms with Crippen LogP contribution in [0.15, 0.2) is 0 Å². The SMILES string of the molecule is CC[C@H](C)[C@@H]1NC(=O)[C@H](CC(C)C)N(C)C(=O)C[C@@H](C(=O)N2CCCCC2)N(C)C(=O)[C@H](C2CCCCC2)N(C)C(=O)C2(CCCC2)NC(=O)CN(CCO)C(=O)[C@H](CCC2CCC(C(F)(F)F)C(Cl)C2)NC(=O)CN(C)C(=O)[C@H](CC2CCCCC2)N(C)C(=O)CN(C)C(=O)CN(C)C1=O. The van der Waals surface area contributed by atoms with Gasteiger partial charge in [-0.1, -0.05) is 98.3 Å². The van der Waals surface area contributed by atoms with Gasteiger partial charge in [0.15, 0.2) is 0 Å². The Kier molecular flexibility index (Phi) is 31.8. The van der Waals surface area contributed by atoms with E-state index in [2.05, 4.69) is 16.0 Å². The molecule has 4 N–H and O–H groups in total. The minimum atomic E-state index is -4.53. The molecule has 0 aromatic carbocycles. The number of carbonyl (C=O) groups is 12. The van der Waals surface area contributed by atoms with Crippen molar-refractivity contribution in [3.63, 3.8) is 0 Å². The number of likely N-dealkylation sites (tertiary alicyclic amines) is 1. The number of β-amino-alcohol motifs (C(OH)–C–C–N with tert-alkyl or cyclic N) is 1. The summed E-state index contributed by atoms with van der Waals surface area (Å²) in [6, 6.07) is -7.62. The van der Waals surface area contributed by atoms with Crippen LogP contribution >= 0.6 is 11.6 Å². The van der Waals surface area contributed by atoms with Crippen LogP contribution in [0.3, 0.4) is 0 Å². The van der Waals surface area contributed by atoms with Crippen LogP contribution in [0.2, 0.25) is 0 Å². The van der Waals surface area contributed by atoms with Gasteiger partial charge in [-0.15, -0.1) is 11.6 Å². The molecule has 6 rings (SSSR count). The largest absolute Gasteiger partial charge is 0.395 e. The Morgan fingerprint density at radius 2 is 1.19 bits per heavy atom. The van der Waals surface area contributed by atoms with E-state index in [1.165, 1.54) is 68.9 Å². The highest BCUT2D eigenvalue weighted by Crippen LogP contribution is 2.44. The minimum absolute atomic E-state index is 0.00984. The van der Waals surface area contributed by atoms with Crippen LogP contribution in [0.1, 0.15) is 195 Å². The Labute approximate surface area is 601 Å². The number of nitrogens with one attached hydrogen (secondary N) is 3. The fraction of sp³-hybridized carbons (Fsp3) is 0.833. The van der Waals surface area contributed by atoms with Crippen LogP contribution in [0, 0.1) is 35.5 Å². The number of amides is 12. The third-order valence-electron chi connectivity index (χ3n) is 22.6. The third-order valence-corrected chi connectivity index (χ3v) is 23.1. The van der Waals surface area contributed by atoms with Gasteiger partial charge < -0.3 is 65.2 Å². The molecule has 29 heteroatoms. The lowest BCUT2D eigenvalue weighted by atomic mass is 9.78. The molecule has 0 radical (unpaired) electrons. The molecule has 572 valence electrons. The van der Waals surface area contributed by atoms with Crippen molar-refractivity contribution < 1.29 is 75.8 Å². The van der Waals surface area contributed by atoms with Gasteiger partial charge in [0.05, 0.1) is 45.1 Å². The predicted octanol–water partition coefficient (Wildman–Crippen LogP) is 5.31. The van der Waals surface area contributed by atoms with Gasteiger partial charge in [-0.05, 0) is 119 Å². The zero-order valence-corrected chi connectivity index (χ0v) is 62.7. The summed E-state index contributed by atoms with van der Waals surface area (Å²) >= 11 is 6.38. The minimum Gasteiger partial charge on any atom is -0.395 e. The summed E-state index contributed by atoms with van der Waals surface area (Å²) < 4.78 is 42.0. The number of piperidine rings is 1. The lowest BCUT2D eigenvalue weighted by Gasteiger charge is -2.43. The second-order valence-corrected chi connectivity index (χ2v) is 31.2. The van der Waals surface area contributed by atoms with Gasteiger partial charge in [-0.3, -0.25) is 57.5 Å². The molecule has 4 aliphatic carbocycles. The molecule has 2 heterocycles. The summed E-state index contributed by atoms with van der Waals surface area (Å²) in [5, 5.41) is 17.8. The van der Waals surface area contributed by atoms with Crippen molar-refractivity contribution in [3.8, 4) is 0 Å². The molecule has 25 nitrogen and oxygen atoms in total. The van der Waals surface area contributed by atoms with E-state index in [1.807, 2.05) is 20.8 Å². The number of hydrogen-bond acceptors (Lipinski definition) is 13. The van der Waals surface area contributed by atoms with Crippen LogP contribution in [-0.2, 0) is 57.5 Å². The molecule has 2 saturated heterocycles. The van der Waals surface area contributed by atoms with Crippen LogP contribution in [0.5, 0.6) is 0 Å². The zero-order chi connectivity index (χ0) is 74.8. The maximum atomic E-state index is 15.8. The van der Waals surface area contributed by atoms with Crippen molar-refractivity contribution in [1.82, 2.24) is 60.0 Å². The average Bonchev–Trinajstić information content (AvgIpc) is 1.77. The molecule has 0 aromatic heterocycles. The molecule has 3 unspecified atom stereocenters. The van der Waals surface area contributed by atoms with E-state index in [4.69, 9.17) is 11.6 Å². The van der Waals surface area contributed by atoms with Crippen LogP contribution in [0.25, 0.3) is 0 Å². The van der Waals surface area contributed by atoms with Crippen molar-refractivity contribution in [2.24, 2.45) is 35.5 Å². The van der Waals surface area contributed by atoms with Gasteiger partial charge in [-0.2, -0.15) is 13.2 Å². The third kappa shape index (κ3) is 22.6. The second kappa shape index (κ2) is 38.4. The number of likely N-dealkylation sites (N-methyl/N-ethyl adjacent to an activating group) is 7. The van der Waals surface area contributed by atoms with Gasteiger partial charge in [0.25, 0.3) is 0 Å². The second-order valence-electron chi connectivity index (χ2n) is 30.6. The zero-order valence-electron chi connectivity index (χ0n) is 61.9. The average molecular weight is 1450 g/mol. The maximum absolute atomic E-state index is 15.8. The molecule has 0 aromatic rings. The number of hydrogen-bond donors (Lipinski definition) is 4. The first-order valence-electron chi connectivity index (χ1n) is 37.2. The molecule has 4 saturated carbocycles. The Morgan fingerprint density at radius 3 is 1.77 bits per heavy atom. The Hall–Kier alpha value is -6.32. The number of carbonyl (C=O) groups excluding carboxylic acids is 12. The highest BCUT2D eigenvalue weighted by Gasteiger charge is 2.51. The molecular weight excluding hydrogens is 1330 g/mol. The van der Waals surface area contributed by atoms with E-state index >= 15 is 24.0 Å². The molecule has 101 heavy (non-hydrogen) atoms. The summed E-state index contributed by atoms with van der Waals surface area (Å²) in [7, 11) is 9.93. The Bertz CT molecular complexity index is 2870. The highest BCUT2D eigenvalue weighted by molar-refractivity contribution is 6.20. The van der Waals surface area contributed by atoms with E-state index in [-0.39, 0.29) is 69.6 Å². The number of alkyl halides is 4. The molecule has 10 atom stereocenters. The predicted molar refractivity (Wildman–Crippen MR) is 373 cm³/mol. The van der Waals surface area contributed by atoms with E-state index in [0.29, 0.717) is 58.0 Å². The maximum Gasteiger partial charge on any atom is 0.393 e. The van der Waals surface area contributed by atoms with Crippen molar-refractivity contribution in [2.75, 3.05) is 102 Å². The van der Waals surface area contributed by atoms with Crippen LogP contribution in [-0.4, -0.2) is 275 Å². The van der Waals surface area contributed by atoms with E-state index < -0.39 is 194 Å². The number of aliphatic hydroxyl groups is 1. The smallest absolute Gasteiger partial charge is 0.393 e. The molecule has 6 aliphatic rings. The van der Waals surface area contributed by atoms with Gasteiger partial charge in [0.2, 0.25) is 70.9 Å². The molecule has 6 fully saturated rings. The Balaban J connectivity index is 1.42. The summed E-state index contributed by atoms with van der Waals surface area (Å²) in [6.45, 7) is 4.50. The Morgan fingerprint density at radius 1 is 0.604 bits per heavy atom. The van der Waals surface area contributed by atoms with Crippen molar-refractivity contribution >= 4 is 82.5 Å². The summed E-state index contributed by atoms with van der Waals surface area (Å²) in [5.41, 5.74) is -1.62. The fourth-order valence-electron chi connectivity index (χ4n) is 16.1. The molecular formula is C72H118ClF3N12O13. The monoisotopic (exact) mass is 1450 g/mol. The van der Waals surface area contributed by atoms with Crippen molar-refractivity contribution in [1.29, 1.82) is 0 Å². The molecule has 1 spiro atoms. The van der Waals surface area contributed by atoms with Crippen LogP contribution < -0.4 is 16.0 Å². The quantitative estimate of drug-likeness (QED) is 0.170. The van der Waals surface area contributed by atoms with Crippen LogP contribution in [0.4, 0.5) is 13.2 Å². The molecule has 2 aliphatic heterocycles. The summed E-state index contributed by atoms with van der Waals surface area (Å²) in [4.78, 5) is 190. The normalized spacial score (nSPS) is 28.7. The van der Waals surface area contributed by atoms with Gasteiger partial charge in [-0.25, -0.2) is 0 Å². The highest BCUT2D eigenvalue weighted by atomic mass is 35.5. The first kappa shape index (κ1) is 83.6. The van der Waals surface area contributed by atoms with E-state index in [9.17, 15) is 51.8 Å². The first-order valence-corrected chi connectivity index (χ1v) is 37.7. The number of halogens is 4. The lowest BCUT2D eigenvalue weighted by molar-refractivity contribution is -0.182. The van der Waals surface area contributed by atoms with Gasteiger partial charge >= 0.3 is 6.18 Å². The van der Waals surface area contributed by atoms with E-state index in [0.717, 1.165) is 77.4 Å². The van der Waals surface area contributed by atoms with E-state index in [1.54, 1.807) is 11.8 Å². The molecule has 0 bridgehead atoms. The fourth-order valence-corrected chi connectivity index (χ4v) is 16.6. The lowest BCUT2D eigenvalue weighted by Crippen LogP contribution is -2.64. The number of aliphatic hydroxyl groups excluding tert-OH is 1. The van der Waals surface area contributed by atoms with Crippen molar-refractivity contribution in [3.05, 3.63) is 0 Å². The summed E-state index contributed by atoms with van der Waals surface area (Å²) in [5.74, 6) is -11.4.